The van der Waals surface area contributed by atoms with E-state index in [1.54, 1.807) is 18.9 Å². The van der Waals surface area contributed by atoms with Gasteiger partial charge in [-0.2, -0.15) is 0 Å². The van der Waals surface area contributed by atoms with Crippen molar-refractivity contribution in [2.24, 2.45) is 0 Å². The standard InChI is InChI=1S/C20H22N4O2S/c1-13-8-9-19(26-4)16(10-13)12-27-20-23-22-14(2)24(20)18-7-5-6-17(11-18)21-15(3)25/h5-11H,12H2,1-4H3,(H,21,25). The van der Waals surface area contributed by atoms with E-state index >= 15 is 0 Å². The summed E-state index contributed by atoms with van der Waals surface area (Å²) in [7, 11) is 1.68. The minimum Gasteiger partial charge on any atom is -0.496 e. The molecule has 1 aromatic heterocycles. The Morgan fingerprint density at radius 2 is 2.00 bits per heavy atom. The highest BCUT2D eigenvalue weighted by atomic mass is 32.2. The van der Waals surface area contributed by atoms with Gasteiger partial charge in [-0.3, -0.25) is 9.36 Å². The summed E-state index contributed by atoms with van der Waals surface area (Å²) in [5.74, 6) is 2.26. The van der Waals surface area contributed by atoms with Gasteiger partial charge in [-0.1, -0.05) is 35.5 Å². The van der Waals surface area contributed by atoms with Crippen molar-refractivity contribution in [3.05, 3.63) is 59.4 Å². The van der Waals surface area contributed by atoms with Crippen molar-refractivity contribution >= 4 is 23.4 Å². The number of amides is 1. The Balaban J connectivity index is 1.88. The number of aromatic nitrogens is 3. The molecular weight excluding hydrogens is 360 g/mol. The number of nitrogens with one attached hydrogen (secondary N) is 1. The van der Waals surface area contributed by atoms with E-state index in [-0.39, 0.29) is 5.91 Å². The number of hydrogen-bond acceptors (Lipinski definition) is 5. The summed E-state index contributed by atoms with van der Waals surface area (Å²) < 4.78 is 7.45. The average molecular weight is 382 g/mol. The zero-order valence-electron chi connectivity index (χ0n) is 15.8. The molecule has 0 unspecified atom stereocenters. The SMILES string of the molecule is COc1ccc(C)cc1CSc1nnc(C)n1-c1cccc(NC(C)=O)c1. The second-order valence-electron chi connectivity index (χ2n) is 6.20. The molecule has 6 nitrogen and oxygen atoms in total. The van der Waals surface area contributed by atoms with Crippen molar-refractivity contribution < 1.29 is 9.53 Å². The van der Waals surface area contributed by atoms with E-state index in [9.17, 15) is 4.79 Å². The molecule has 1 N–H and O–H groups in total. The van der Waals surface area contributed by atoms with Crippen molar-refractivity contribution in [3.8, 4) is 11.4 Å². The van der Waals surface area contributed by atoms with E-state index in [0.29, 0.717) is 5.75 Å². The third kappa shape index (κ3) is 4.49. The molecule has 2 aromatic carbocycles. The molecule has 0 fully saturated rings. The number of anilines is 1. The smallest absolute Gasteiger partial charge is 0.221 e. The van der Waals surface area contributed by atoms with E-state index in [1.165, 1.54) is 12.5 Å². The van der Waals surface area contributed by atoms with E-state index in [1.807, 2.05) is 47.9 Å². The minimum atomic E-state index is -0.103. The highest BCUT2D eigenvalue weighted by Gasteiger charge is 2.14. The lowest BCUT2D eigenvalue weighted by atomic mass is 10.1. The molecule has 0 aliphatic heterocycles. The van der Waals surface area contributed by atoms with E-state index in [2.05, 4.69) is 28.5 Å². The second-order valence-corrected chi connectivity index (χ2v) is 7.14. The topological polar surface area (TPSA) is 69.0 Å². The van der Waals surface area contributed by atoms with Crippen LogP contribution in [0.25, 0.3) is 5.69 Å². The molecule has 0 spiro atoms. The monoisotopic (exact) mass is 382 g/mol. The first kappa shape index (κ1) is 19.0. The number of hydrogen-bond donors (Lipinski definition) is 1. The van der Waals surface area contributed by atoms with Crippen LogP contribution in [0.5, 0.6) is 5.75 Å². The second kappa shape index (κ2) is 8.26. The average Bonchev–Trinajstić information content (AvgIpc) is 3.00. The molecule has 3 rings (SSSR count). The molecule has 0 aliphatic carbocycles. The number of carbonyl (C=O) groups is 1. The number of methoxy groups -OCH3 is 1. The Bertz CT molecular complexity index is 968. The maximum absolute atomic E-state index is 11.3. The van der Waals surface area contributed by atoms with Crippen molar-refractivity contribution in [2.75, 3.05) is 12.4 Å². The van der Waals surface area contributed by atoms with Crippen molar-refractivity contribution in [3.63, 3.8) is 0 Å². The fraction of sp³-hybridized carbons (Fsp3) is 0.250. The number of aryl methyl sites for hydroxylation is 2. The first-order valence-corrected chi connectivity index (χ1v) is 9.53. The first-order chi connectivity index (χ1) is 13.0. The first-order valence-electron chi connectivity index (χ1n) is 8.54. The Hall–Kier alpha value is -2.80. The lowest BCUT2D eigenvalue weighted by Crippen LogP contribution is -2.07. The molecule has 0 saturated carbocycles. The predicted octanol–water partition coefficient (Wildman–Crippen LogP) is 4.14. The molecule has 3 aromatic rings. The maximum atomic E-state index is 11.3. The zero-order valence-corrected chi connectivity index (χ0v) is 16.6. The van der Waals surface area contributed by atoms with Crippen LogP contribution in [0.1, 0.15) is 23.9 Å². The molecular formula is C20H22N4O2S. The molecule has 0 aliphatic rings. The summed E-state index contributed by atoms with van der Waals surface area (Å²) in [5, 5.41) is 12.1. The minimum absolute atomic E-state index is 0.103. The third-order valence-electron chi connectivity index (χ3n) is 4.01. The van der Waals surface area contributed by atoms with Crippen LogP contribution in [0.15, 0.2) is 47.6 Å². The van der Waals surface area contributed by atoms with Gasteiger partial charge >= 0.3 is 0 Å². The largest absolute Gasteiger partial charge is 0.496 e. The van der Waals surface area contributed by atoms with Crippen LogP contribution in [0.2, 0.25) is 0 Å². The number of carbonyl (C=O) groups excluding carboxylic acids is 1. The van der Waals surface area contributed by atoms with Gasteiger partial charge in [0.15, 0.2) is 5.16 Å². The number of ether oxygens (including phenoxy) is 1. The van der Waals surface area contributed by atoms with Crippen LogP contribution in [-0.2, 0) is 10.5 Å². The summed E-state index contributed by atoms with van der Waals surface area (Å²) in [5.41, 5.74) is 3.95. The molecule has 1 amide bonds. The van der Waals surface area contributed by atoms with E-state index < -0.39 is 0 Å². The molecule has 140 valence electrons. The van der Waals surface area contributed by atoms with Gasteiger partial charge in [0.2, 0.25) is 5.91 Å². The number of rotatable bonds is 6. The molecule has 7 heteroatoms. The van der Waals surface area contributed by atoms with Crippen LogP contribution in [-0.4, -0.2) is 27.8 Å². The highest BCUT2D eigenvalue weighted by Crippen LogP contribution is 2.30. The van der Waals surface area contributed by atoms with Crippen LogP contribution < -0.4 is 10.1 Å². The Morgan fingerprint density at radius 3 is 2.74 bits per heavy atom. The van der Waals surface area contributed by atoms with Crippen molar-refractivity contribution in [1.29, 1.82) is 0 Å². The van der Waals surface area contributed by atoms with Crippen LogP contribution in [0.4, 0.5) is 5.69 Å². The Kier molecular flexibility index (Phi) is 5.81. The van der Waals surface area contributed by atoms with Crippen LogP contribution in [0, 0.1) is 13.8 Å². The van der Waals surface area contributed by atoms with Crippen LogP contribution in [0.3, 0.4) is 0 Å². The normalized spacial score (nSPS) is 10.7. The van der Waals surface area contributed by atoms with Gasteiger partial charge in [0, 0.05) is 23.9 Å². The van der Waals surface area contributed by atoms with Crippen molar-refractivity contribution in [1.82, 2.24) is 14.8 Å². The summed E-state index contributed by atoms with van der Waals surface area (Å²) in [6, 6.07) is 13.8. The quantitative estimate of drug-likeness (QED) is 0.649. The van der Waals surface area contributed by atoms with E-state index in [4.69, 9.17) is 4.74 Å². The summed E-state index contributed by atoms with van der Waals surface area (Å²) in [6.07, 6.45) is 0. The Morgan fingerprint density at radius 1 is 1.19 bits per heavy atom. The zero-order chi connectivity index (χ0) is 19.4. The number of benzene rings is 2. The predicted molar refractivity (Wildman–Crippen MR) is 108 cm³/mol. The molecule has 0 radical (unpaired) electrons. The fourth-order valence-corrected chi connectivity index (χ4v) is 3.80. The van der Waals surface area contributed by atoms with Gasteiger partial charge in [0.1, 0.15) is 11.6 Å². The lowest BCUT2D eigenvalue weighted by molar-refractivity contribution is -0.114. The molecule has 0 atom stereocenters. The van der Waals surface area contributed by atoms with Gasteiger partial charge in [-0.15, -0.1) is 10.2 Å². The number of nitrogens with zero attached hydrogens (tertiary/aromatic N) is 3. The van der Waals surface area contributed by atoms with Gasteiger partial charge in [-0.25, -0.2) is 0 Å². The Labute approximate surface area is 163 Å². The van der Waals surface area contributed by atoms with E-state index in [0.717, 1.165) is 33.7 Å². The van der Waals surface area contributed by atoms with Crippen molar-refractivity contribution in [2.45, 2.75) is 31.7 Å². The molecule has 27 heavy (non-hydrogen) atoms. The van der Waals surface area contributed by atoms with Gasteiger partial charge < -0.3 is 10.1 Å². The molecule has 1 heterocycles. The van der Waals surface area contributed by atoms with Gasteiger partial charge in [0.05, 0.1) is 12.8 Å². The van der Waals surface area contributed by atoms with Crippen LogP contribution >= 0.6 is 11.8 Å². The maximum Gasteiger partial charge on any atom is 0.221 e. The summed E-state index contributed by atoms with van der Waals surface area (Å²) >= 11 is 1.60. The van der Waals surface area contributed by atoms with Gasteiger partial charge in [0.25, 0.3) is 0 Å². The molecule has 0 saturated heterocycles. The lowest BCUT2D eigenvalue weighted by Gasteiger charge is -2.12. The third-order valence-corrected chi connectivity index (χ3v) is 4.99. The highest BCUT2D eigenvalue weighted by molar-refractivity contribution is 7.98. The number of thioether (sulfide) groups is 1. The summed E-state index contributed by atoms with van der Waals surface area (Å²) in [4.78, 5) is 11.3. The van der Waals surface area contributed by atoms with Gasteiger partial charge in [-0.05, 0) is 38.1 Å². The molecule has 0 bridgehead atoms. The fourth-order valence-electron chi connectivity index (χ4n) is 2.82. The summed E-state index contributed by atoms with van der Waals surface area (Å²) in [6.45, 7) is 5.47.